The van der Waals surface area contributed by atoms with Gasteiger partial charge in [-0.3, -0.25) is 19.2 Å². The quantitative estimate of drug-likeness (QED) is 0.0581. The average molecular weight is 777 g/mol. The molecule has 0 radical (unpaired) electrons. The highest BCUT2D eigenvalue weighted by atomic mass is 16.6. The predicted molar refractivity (Wildman–Crippen MR) is 199 cm³/mol. The van der Waals surface area contributed by atoms with Gasteiger partial charge in [-0.1, -0.05) is 53.2 Å². The molecule has 4 fully saturated rings. The van der Waals surface area contributed by atoms with Gasteiger partial charge in [0.1, 0.15) is 11.8 Å². The number of ether oxygens (including phenoxy) is 1. The van der Waals surface area contributed by atoms with E-state index in [9.17, 15) is 49.5 Å². The number of Topliss-reactive ketones (excluding diaryl/α,β-unsaturated/α-hetero) is 1. The fourth-order valence-corrected chi connectivity index (χ4v) is 12.8. The number of aliphatic carboxylic acids is 2. The molecule has 15 atom stereocenters. The molecule has 4 saturated carbocycles. The molecule has 5 rings (SSSR count). The summed E-state index contributed by atoms with van der Waals surface area (Å²) in [4.78, 5) is 63.3. The smallest absolute Gasteiger partial charge is 0.332 e. The maximum Gasteiger partial charge on any atom is 0.332 e. The fraction of sp³-hybridized carbons (Fsp3) is 0.829. The summed E-state index contributed by atoms with van der Waals surface area (Å²) in [6.45, 7) is 13.5. The topological polar surface area (TPSA) is 240 Å². The number of allylic oxidation sites excluding steroid dienone is 2. The Morgan fingerprint density at radius 3 is 2.05 bits per heavy atom. The fourth-order valence-electron chi connectivity index (χ4n) is 12.8. The van der Waals surface area contributed by atoms with Crippen LogP contribution in [0.25, 0.3) is 0 Å². The summed E-state index contributed by atoms with van der Waals surface area (Å²) in [5.41, 5.74) is 2.69. The van der Waals surface area contributed by atoms with Crippen molar-refractivity contribution in [2.75, 3.05) is 6.61 Å². The molecule has 5 aliphatic rings. The summed E-state index contributed by atoms with van der Waals surface area (Å²) in [6, 6.07) is -2.31. The van der Waals surface area contributed by atoms with Crippen LogP contribution in [-0.4, -0.2) is 97.3 Å². The minimum atomic E-state index is -1.32. The van der Waals surface area contributed by atoms with Gasteiger partial charge >= 0.3 is 23.9 Å². The van der Waals surface area contributed by atoms with E-state index in [0.29, 0.717) is 32.1 Å². The van der Waals surface area contributed by atoms with Gasteiger partial charge in [-0.2, -0.15) is 0 Å². The molecule has 14 heteroatoms. The molecule has 0 amide bonds. The molecule has 0 bridgehead atoms. The molecular formula is C41H64N2O12. The van der Waals surface area contributed by atoms with E-state index in [1.54, 1.807) is 6.92 Å². The van der Waals surface area contributed by atoms with Crippen molar-refractivity contribution in [3.63, 3.8) is 0 Å². The predicted octanol–water partition coefficient (Wildman–Crippen LogP) is 3.14. The van der Waals surface area contributed by atoms with Gasteiger partial charge in [-0.05, 0) is 105 Å². The van der Waals surface area contributed by atoms with Crippen LogP contribution in [0, 0.1) is 56.7 Å². The SMILES string of the molecule is CC(=O)[C@H](CCC(=O)O)NN[C@@H](CCC(=O)O)C(=O)OC(=O)C12CCC(C)C(C)C1C1=CCC3C4(C)CC(O)C(O)C(C)(CO)C4C(O)CC3(C)C1(C)CC2. The first-order valence-electron chi connectivity index (χ1n) is 20.1. The number of aliphatic hydroxyl groups is 4. The molecule has 0 saturated heterocycles. The molecule has 55 heavy (non-hydrogen) atoms. The van der Waals surface area contributed by atoms with Crippen LogP contribution >= 0.6 is 0 Å². The van der Waals surface area contributed by atoms with Gasteiger partial charge in [0.15, 0.2) is 0 Å². The number of carboxylic acid groups (broad SMARTS) is 2. The molecule has 310 valence electrons. The zero-order chi connectivity index (χ0) is 41.1. The van der Waals surface area contributed by atoms with Gasteiger partial charge in [0.2, 0.25) is 0 Å². The highest BCUT2D eigenvalue weighted by molar-refractivity contribution is 5.92. The molecular weight excluding hydrogens is 712 g/mol. The summed E-state index contributed by atoms with van der Waals surface area (Å²) in [6.07, 6.45) is 1.53. The van der Waals surface area contributed by atoms with E-state index < -0.39 is 93.7 Å². The molecule has 5 aliphatic carbocycles. The Morgan fingerprint density at radius 2 is 1.47 bits per heavy atom. The minimum absolute atomic E-state index is 0.0181. The molecule has 0 aliphatic heterocycles. The van der Waals surface area contributed by atoms with Gasteiger partial charge in [-0.25, -0.2) is 15.6 Å². The molecule has 0 spiro atoms. The zero-order valence-corrected chi connectivity index (χ0v) is 33.5. The highest BCUT2D eigenvalue weighted by Crippen LogP contribution is 2.75. The lowest BCUT2D eigenvalue weighted by Crippen LogP contribution is -2.71. The first kappa shape index (κ1) is 43.4. The Labute approximate surface area is 323 Å². The van der Waals surface area contributed by atoms with Crippen molar-refractivity contribution in [2.24, 2.45) is 56.7 Å². The third-order valence-electron chi connectivity index (χ3n) is 16.1. The number of carbonyl (C=O) groups excluding carboxylic acids is 3. The maximum absolute atomic E-state index is 14.6. The second kappa shape index (κ2) is 15.5. The molecule has 0 aromatic carbocycles. The van der Waals surface area contributed by atoms with Crippen molar-refractivity contribution >= 4 is 29.7 Å². The lowest BCUT2D eigenvalue weighted by Gasteiger charge is -2.72. The number of hydrogen-bond donors (Lipinski definition) is 8. The third kappa shape index (κ3) is 7.11. The number of aliphatic hydroxyl groups excluding tert-OH is 4. The Bertz CT molecular complexity index is 1570. The van der Waals surface area contributed by atoms with Crippen LogP contribution in [0.3, 0.4) is 0 Å². The van der Waals surface area contributed by atoms with Gasteiger partial charge in [-0.15, -0.1) is 0 Å². The number of esters is 2. The van der Waals surface area contributed by atoms with Crippen LogP contribution in [-0.2, 0) is 28.7 Å². The molecule has 0 heterocycles. The lowest BCUT2D eigenvalue weighted by atomic mass is 9.32. The summed E-state index contributed by atoms with van der Waals surface area (Å²) in [7, 11) is 0. The number of carbonyl (C=O) groups is 5. The van der Waals surface area contributed by atoms with Crippen LogP contribution in [0.15, 0.2) is 11.6 Å². The zero-order valence-electron chi connectivity index (χ0n) is 33.5. The van der Waals surface area contributed by atoms with Crippen LogP contribution < -0.4 is 10.9 Å². The van der Waals surface area contributed by atoms with Crippen molar-refractivity contribution in [2.45, 2.75) is 149 Å². The van der Waals surface area contributed by atoms with Crippen LogP contribution in [0.4, 0.5) is 0 Å². The standard InChI is InChI=1S/C41H64N2O12/c1-21-14-15-41(36(54)55-35(53)26(10-13-31(50)51)43-42-25(23(3)45)9-12-30(48)49)17-16-39(6)24(32(41)22(21)2)8-11-29-37(4)18-28(47)34(52)38(5,20-44)33(37)27(46)19-40(29,39)7/h8,21-22,25-29,32-34,42-44,46-47,52H,9-20H2,1-7H3,(H,48,49)(H,50,51)/t21?,22?,25-,26-,27?,28?,29?,32?,33?,34?,37?,38?,39?,40?,41?/m0/s1. The van der Waals surface area contributed by atoms with Gasteiger partial charge in [0.25, 0.3) is 0 Å². The highest BCUT2D eigenvalue weighted by Gasteiger charge is 2.72. The van der Waals surface area contributed by atoms with Crippen molar-refractivity contribution < 1.29 is 59.3 Å². The normalized spacial score (nSPS) is 43.3. The Morgan fingerprint density at radius 1 is 0.873 bits per heavy atom. The number of carboxylic acids is 2. The van der Waals surface area contributed by atoms with Crippen LogP contribution in [0.5, 0.6) is 0 Å². The first-order chi connectivity index (χ1) is 25.5. The largest absolute Gasteiger partial charge is 0.481 e. The van der Waals surface area contributed by atoms with Crippen molar-refractivity contribution in [1.29, 1.82) is 0 Å². The monoisotopic (exact) mass is 776 g/mol. The maximum atomic E-state index is 14.6. The average Bonchev–Trinajstić information content (AvgIpc) is 3.09. The Hall–Kier alpha value is -2.75. The Balaban J connectivity index is 1.47. The second-order valence-electron chi connectivity index (χ2n) is 18.9. The van der Waals surface area contributed by atoms with Gasteiger partial charge < -0.3 is 35.4 Å². The van der Waals surface area contributed by atoms with Crippen LogP contribution in [0.2, 0.25) is 0 Å². The van der Waals surface area contributed by atoms with E-state index >= 15 is 0 Å². The lowest BCUT2D eigenvalue weighted by molar-refractivity contribution is -0.273. The van der Waals surface area contributed by atoms with Gasteiger partial charge in [0.05, 0.1) is 36.4 Å². The summed E-state index contributed by atoms with van der Waals surface area (Å²) in [5.74, 6) is -4.84. The van der Waals surface area contributed by atoms with E-state index in [1.165, 1.54) is 6.92 Å². The van der Waals surface area contributed by atoms with E-state index in [0.717, 1.165) is 12.0 Å². The molecule has 0 aromatic heterocycles. The summed E-state index contributed by atoms with van der Waals surface area (Å²) < 4.78 is 5.73. The van der Waals surface area contributed by atoms with Crippen molar-refractivity contribution in [3.8, 4) is 0 Å². The van der Waals surface area contributed by atoms with Crippen molar-refractivity contribution in [3.05, 3.63) is 11.6 Å². The molecule has 0 aromatic rings. The third-order valence-corrected chi connectivity index (χ3v) is 16.1. The number of hydrogen-bond acceptors (Lipinski definition) is 12. The molecule has 8 N–H and O–H groups in total. The van der Waals surface area contributed by atoms with E-state index in [2.05, 4.69) is 51.5 Å². The van der Waals surface area contributed by atoms with Crippen LogP contribution in [0.1, 0.15) is 119 Å². The molecule has 13 unspecified atom stereocenters. The van der Waals surface area contributed by atoms with Gasteiger partial charge in [0, 0.05) is 24.2 Å². The van der Waals surface area contributed by atoms with E-state index in [4.69, 9.17) is 9.84 Å². The van der Waals surface area contributed by atoms with E-state index in [-0.39, 0.29) is 61.7 Å². The second-order valence-corrected chi connectivity index (χ2v) is 18.9. The summed E-state index contributed by atoms with van der Waals surface area (Å²) >= 11 is 0. The minimum Gasteiger partial charge on any atom is -0.481 e. The van der Waals surface area contributed by atoms with Crippen molar-refractivity contribution in [1.82, 2.24) is 10.9 Å². The molecule has 14 nitrogen and oxygen atoms in total. The number of nitrogens with one attached hydrogen (secondary N) is 2. The first-order valence-corrected chi connectivity index (χ1v) is 20.1. The Kier molecular flexibility index (Phi) is 12.3. The number of fused-ring (bicyclic) bond motifs is 7. The van der Waals surface area contributed by atoms with E-state index in [1.807, 2.05) is 0 Å². The number of hydrazine groups is 1. The number of rotatable bonds is 13. The number of ketones is 1. The summed E-state index contributed by atoms with van der Waals surface area (Å²) in [5, 5.41) is 63.5.